The first-order chi connectivity index (χ1) is 17.5. The van der Waals surface area contributed by atoms with Crippen LogP contribution in [0.5, 0.6) is 5.75 Å². The maximum atomic E-state index is 13.6. The Hall–Kier alpha value is -3.56. The number of H-pyrrole nitrogens is 1. The fourth-order valence-electron chi connectivity index (χ4n) is 5.01. The van der Waals surface area contributed by atoms with Crippen LogP contribution in [0, 0.1) is 13.8 Å². The van der Waals surface area contributed by atoms with E-state index in [-0.39, 0.29) is 11.6 Å². The van der Waals surface area contributed by atoms with Gasteiger partial charge in [-0.05, 0) is 71.1 Å². The Kier molecular flexibility index (Phi) is 6.84. The summed E-state index contributed by atoms with van der Waals surface area (Å²) in [5.41, 5.74) is 4.75. The van der Waals surface area contributed by atoms with Gasteiger partial charge in [-0.2, -0.15) is 0 Å². The van der Waals surface area contributed by atoms with E-state index in [9.17, 15) is 4.79 Å². The number of fused-ring (bicyclic) bond motifs is 1. The molecule has 0 amide bonds. The third kappa shape index (κ3) is 4.64. The van der Waals surface area contributed by atoms with E-state index in [4.69, 9.17) is 4.74 Å². The molecule has 1 N–H and O–H groups in total. The fourth-order valence-corrected chi connectivity index (χ4v) is 5.01. The summed E-state index contributed by atoms with van der Waals surface area (Å²) in [4.78, 5) is 21.5. The van der Waals surface area contributed by atoms with E-state index in [1.54, 1.807) is 7.11 Å². The number of nitrogens with zero attached hydrogens (tertiary/aromatic N) is 6. The normalized spacial score (nSPS) is 15.9. The van der Waals surface area contributed by atoms with Crippen LogP contribution in [0.3, 0.4) is 0 Å². The monoisotopic (exact) mass is 487 g/mol. The largest absolute Gasteiger partial charge is 0.497 e. The zero-order chi connectivity index (χ0) is 25.2. The lowest BCUT2D eigenvalue weighted by Gasteiger charge is -2.38. The molecule has 0 saturated carbocycles. The molecule has 188 valence electrons. The Morgan fingerprint density at radius 1 is 1.06 bits per heavy atom. The molecule has 4 aromatic rings. The van der Waals surface area contributed by atoms with E-state index in [0.717, 1.165) is 66.1 Å². The molecule has 9 nitrogen and oxygen atoms in total. The average molecular weight is 488 g/mol. The van der Waals surface area contributed by atoms with Crippen LogP contribution in [0.15, 0.2) is 47.3 Å². The number of rotatable bonds is 7. The average Bonchev–Trinajstić information content (AvgIpc) is 3.35. The first-order valence-electron chi connectivity index (χ1n) is 12.5. The molecule has 5 rings (SSSR count). The molecule has 0 bridgehead atoms. The lowest BCUT2D eigenvalue weighted by Crippen LogP contribution is -2.49. The highest BCUT2D eigenvalue weighted by atomic mass is 16.5. The first-order valence-corrected chi connectivity index (χ1v) is 12.5. The van der Waals surface area contributed by atoms with Gasteiger partial charge in [-0.1, -0.05) is 31.2 Å². The number of methoxy groups -OCH3 is 1. The van der Waals surface area contributed by atoms with Crippen LogP contribution in [0.25, 0.3) is 10.9 Å². The second kappa shape index (κ2) is 10.2. The van der Waals surface area contributed by atoms with Gasteiger partial charge in [0.25, 0.3) is 5.56 Å². The predicted octanol–water partition coefficient (Wildman–Crippen LogP) is 2.92. The number of tetrazole rings is 1. The van der Waals surface area contributed by atoms with Crippen LogP contribution in [-0.2, 0) is 6.54 Å². The highest BCUT2D eigenvalue weighted by molar-refractivity contribution is 5.83. The number of nitrogens with one attached hydrogen (secondary N) is 1. The van der Waals surface area contributed by atoms with Crippen LogP contribution in [0.4, 0.5) is 0 Å². The summed E-state index contributed by atoms with van der Waals surface area (Å²) in [6.07, 6.45) is 0. The van der Waals surface area contributed by atoms with E-state index in [2.05, 4.69) is 56.3 Å². The first kappa shape index (κ1) is 24.1. The Bertz CT molecular complexity index is 1400. The SMILES string of the molecule is CCN1CCN([C@H](c2cc3ccc(C)c(C)c3[nH]c2=O)c2nnnn2Cc2ccc(OC)cc2)CC1. The Morgan fingerprint density at radius 3 is 2.50 bits per heavy atom. The number of likely N-dealkylation sites (N-methyl/N-ethyl adjacent to an activating group) is 1. The van der Waals surface area contributed by atoms with E-state index < -0.39 is 0 Å². The molecular weight excluding hydrogens is 454 g/mol. The molecule has 3 heterocycles. The number of aromatic amines is 1. The van der Waals surface area contributed by atoms with Crippen molar-refractivity contribution in [3.8, 4) is 5.75 Å². The third-order valence-corrected chi connectivity index (χ3v) is 7.39. The van der Waals surface area contributed by atoms with E-state index in [1.165, 1.54) is 0 Å². The zero-order valence-electron chi connectivity index (χ0n) is 21.4. The lowest BCUT2D eigenvalue weighted by atomic mass is 9.99. The second-order valence-corrected chi connectivity index (χ2v) is 9.44. The molecule has 1 saturated heterocycles. The smallest absolute Gasteiger partial charge is 0.253 e. The lowest BCUT2D eigenvalue weighted by molar-refractivity contribution is 0.108. The van der Waals surface area contributed by atoms with Crippen molar-refractivity contribution < 1.29 is 4.74 Å². The number of hydrogen-bond donors (Lipinski definition) is 1. The molecule has 1 aliphatic rings. The second-order valence-electron chi connectivity index (χ2n) is 9.44. The zero-order valence-corrected chi connectivity index (χ0v) is 21.4. The van der Waals surface area contributed by atoms with Gasteiger partial charge >= 0.3 is 0 Å². The van der Waals surface area contributed by atoms with Gasteiger partial charge < -0.3 is 14.6 Å². The molecule has 1 aliphatic heterocycles. The van der Waals surface area contributed by atoms with Gasteiger partial charge in [-0.3, -0.25) is 9.69 Å². The molecule has 2 aromatic carbocycles. The van der Waals surface area contributed by atoms with Crippen LogP contribution in [0.1, 0.15) is 41.0 Å². The quantitative estimate of drug-likeness (QED) is 0.429. The van der Waals surface area contributed by atoms with Gasteiger partial charge in [0, 0.05) is 31.7 Å². The van der Waals surface area contributed by atoms with E-state index in [1.807, 2.05) is 41.9 Å². The van der Waals surface area contributed by atoms with Crippen molar-refractivity contribution in [1.29, 1.82) is 0 Å². The standard InChI is InChI=1S/C27H33N7O2/c1-5-32-12-14-33(15-13-32)25(23-16-21-9-6-18(2)19(3)24(21)28-27(23)35)26-29-30-31-34(26)17-20-7-10-22(36-4)11-8-20/h6-11,16,25H,5,12-15,17H2,1-4H3,(H,28,35)/t25-/m1/s1. The minimum atomic E-state index is -0.355. The number of ether oxygens (including phenoxy) is 1. The maximum Gasteiger partial charge on any atom is 0.253 e. The Balaban J connectivity index is 1.58. The highest BCUT2D eigenvalue weighted by Gasteiger charge is 2.32. The van der Waals surface area contributed by atoms with Gasteiger partial charge in [0.15, 0.2) is 5.82 Å². The molecule has 2 aromatic heterocycles. The minimum Gasteiger partial charge on any atom is -0.497 e. The summed E-state index contributed by atoms with van der Waals surface area (Å²) in [5.74, 6) is 1.47. The topological polar surface area (TPSA) is 92.2 Å². The molecule has 0 radical (unpaired) electrons. The van der Waals surface area contributed by atoms with E-state index in [0.29, 0.717) is 17.9 Å². The molecule has 9 heteroatoms. The van der Waals surface area contributed by atoms with Crippen molar-refractivity contribution in [1.82, 2.24) is 35.0 Å². The maximum absolute atomic E-state index is 13.6. The van der Waals surface area contributed by atoms with Crippen molar-refractivity contribution in [2.45, 2.75) is 33.4 Å². The van der Waals surface area contributed by atoms with Crippen LogP contribution in [-0.4, -0.2) is 74.8 Å². The van der Waals surface area contributed by atoms with Crippen molar-refractivity contribution >= 4 is 10.9 Å². The van der Waals surface area contributed by atoms with Gasteiger partial charge in [0.2, 0.25) is 0 Å². The fraction of sp³-hybridized carbons (Fsp3) is 0.407. The van der Waals surface area contributed by atoms with Crippen molar-refractivity contribution in [2.75, 3.05) is 39.8 Å². The van der Waals surface area contributed by atoms with Gasteiger partial charge in [-0.25, -0.2) is 4.68 Å². The number of piperazine rings is 1. The molecule has 0 aliphatic carbocycles. The van der Waals surface area contributed by atoms with Crippen LogP contribution >= 0.6 is 0 Å². The molecule has 36 heavy (non-hydrogen) atoms. The Morgan fingerprint density at radius 2 is 1.81 bits per heavy atom. The molecule has 0 spiro atoms. The number of aryl methyl sites for hydroxylation is 2. The minimum absolute atomic E-state index is 0.0990. The summed E-state index contributed by atoms with van der Waals surface area (Å²) in [6, 6.07) is 13.7. The third-order valence-electron chi connectivity index (χ3n) is 7.39. The molecule has 0 unspecified atom stereocenters. The Labute approximate surface area is 210 Å². The van der Waals surface area contributed by atoms with Gasteiger partial charge in [0.1, 0.15) is 11.8 Å². The van der Waals surface area contributed by atoms with Crippen molar-refractivity contribution in [2.24, 2.45) is 0 Å². The number of pyridine rings is 1. The van der Waals surface area contributed by atoms with Crippen LogP contribution < -0.4 is 10.3 Å². The van der Waals surface area contributed by atoms with Crippen molar-refractivity contribution in [3.63, 3.8) is 0 Å². The molecular formula is C27H33N7O2. The van der Waals surface area contributed by atoms with Crippen LogP contribution in [0.2, 0.25) is 0 Å². The number of hydrogen-bond acceptors (Lipinski definition) is 7. The van der Waals surface area contributed by atoms with E-state index >= 15 is 0 Å². The summed E-state index contributed by atoms with van der Waals surface area (Å²) >= 11 is 0. The van der Waals surface area contributed by atoms with Gasteiger partial charge in [-0.15, -0.1) is 5.10 Å². The summed E-state index contributed by atoms with van der Waals surface area (Å²) in [6.45, 7) is 11.4. The number of benzene rings is 2. The summed E-state index contributed by atoms with van der Waals surface area (Å²) < 4.78 is 7.10. The summed E-state index contributed by atoms with van der Waals surface area (Å²) in [7, 11) is 1.65. The van der Waals surface area contributed by atoms with Crippen molar-refractivity contribution in [3.05, 3.63) is 80.9 Å². The number of aromatic nitrogens is 5. The molecule has 1 fully saturated rings. The predicted molar refractivity (Wildman–Crippen MR) is 139 cm³/mol. The summed E-state index contributed by atoms with van der Waals surface area (Å²) in [5, 5.41) is 13.8. The molecule has 1 atom stereocenters. The highest BCUT2D eigenvalue weighted by Crippen LogP contribution is 2.29. The van der Waals surface area contributed by atoms with Gasteiger partial charge in [0.05, 0.1) is 19.2 Å².